The monoisotopic (exact) mass is 316 g/mol. The molecule has 0 aliphatic carbocycles. The van der Waals surface area contributed by atoms with Crippen molar-refractivity contribution in [3.8, 4) is 5.82 Å². The van der Waals surface area contributed by atoms with Gasteiger partial charge >= 0.3 is 6.09 Å². The van der Waals surface area contributed by atoms with Gasteiger partial charge in [0.15, 0.2) is 5.82 Å². The molecule has 0 unspecified atom stereocenters. The molecule has 0 radical (unpaired) electrons. The molecule has 0 bridgehead atoms. The van der Waals surface area contributed by atoms with Crippen molar-refractivity contribution in [1.29, 1.82) is 0 Å². The zero-order valence-corrected chi connectivity index (χ0v) is 14.3. The van der Waals surface area contributed by atoms with Crippen molar-refractivity contribution in [1.82, 2.24) is 19.7 Å². The van der Waals surface area contributed by atoms with Crippen molar-refractivity contribution in [2.45, 2.75) is 40.7 Å². The van der Waals surface area contributed by atoms with E-state index in [-0.39, 0.29) is 11.5 Å². The summed E-state index contributed by atoms with van der Waals surface area (Å²) in [5, 5.41) is 13.7. The molecule has 2 aromatic heterocycles. The molecular formula is C17H24N4O2. The lowest BCUT2D eigenvalue weighted by Gasteiger charge is -2.32. The first-order valence-electron chi connectivity index (χ1n) is 7.64. The summed E-state index contributed by atoms with van der Waals surface area (Å²) in [7, 11) is 0. The Balaban J connectivity index is 2.21. The lowest BCUT2D eigenvalue weighted by Crippen LogP contribution is -2.38. The summed E-state index contributed by atoms with van der Waals surface area (Å²) in [5.41, 5.74) is 1.82. The van der Waals surface area contributed by atoms with Crippen LogP contribution in [0.5, 0.6) is 0 Å². The van der Waals surface area contributed by atoms with Crippen molar-refractivity contribution in [2.75, 3.05) is 6.54 Å². The number of amides is 1. The highest BCUT2D eigenvalue weighted by Gasteiger charge is 2.26. The van der Waals surface area contributed by atoms with Gasteiger partial charge in [-0.15, -0.1) is 0 Å². The van der Waals surface area contributed by atoms with Crippen LogP contribution in [0.4, 0.5) is 4.79 Å². The van der Waals surface area contributed by atoms with E-state index in [4.69, 9.17) is 0 Å². The van der Waals surface area contributed by atoms with Gasteiger partial charge in [-0.05, 0) is 36.5 Å². The molecule has 2 aromatic rings. The topological polar surface area (TPSA) is 71.2 Å². The molecule has 6 heteroatoms. The molecule has 0 aliphatic heterocycles. The van der Waals surface area contributed by atoms with Crippen LogP contribution in [0.15, 0.2) is 30.7 Å². The van der Waals surface area contributed by atoms with Crippen LogP contribution in [0.2, 0.25) is 0 Å². The average Bonchev–Trinajstić information content (AvgIpc) is 2.90. The Morgan fingerprint density at radius 3 is 2.48 bits per heavy atom. The Hall–Kier alpha value is -2.37. The van der Waals surface area contributed by atoms with E-state index in [1.165, 1.54) is 4.90 Å². The Bertz CT molecular complexity index is 671. The lowest BCUT2D eigenvalue weighted by atomic mass is 9.95. The van der Waals surface area contributed by atoms with E-state index in [9.17, 15) is 9.90 Å². The third kappa shape index (κ3) is 4.31. The van der Waals surface area contributed by atoms with Crippen molar-refractivity contribution in [2.24, 2.45) is 5.41 Å². The molecule has 0 saturated heterocycles. The van der Waals surface area contributed by atoms with E-state index >= 15 is 0 Å². The number of aryl methyl sites for hydroxylation is 1. The van der Waals surface area contributed by atoms with Crippen LogP contribution in [-0.4, -0.2) is 37.4 Å². The molecule has 0 spiro atoms. The molecule has 1 amide bonds. The van der Waals surface area contributed by atoms with Gasteiger partial charge in [0, 0.05) is 18.9 Å². The molecule has 1 atom stereocenters. The predicted molar refractivity (Wildman–Crippen MR) is 88.7 cm³/mol. The van der Waals surface area contributed by atoms with Gasteiger partial charge in [-0.25, -0.2) is 14.5 Å². The van der Waals surface area contributed by atoms with E-state index in [0.29, 0.717) is 12.4 Å². The first-order chi connectivity index (χ1) is 10.7. The standard InChI is InChI=1S/C17H24N4O2/c1-12-8-19-21(10-12)15-7-6-14(9-18-15)13(2)20(16(22)23)11-17(3,4)5/h6-10,13H,11H2,1-5H3,(H,22,23)/t13-/m0/s1. The Morgan fingerprint density at radius 1 is 1.35 bits per heavy atom. The Kier molecular flexibility index (Phi) is 4.73. The molecule has 0 aliphatic rings. The molecule has 2 rings (SSSR count). The summed E-state index contributed by atoms with van der Waals surface area (Å²) in [4.78, 5) is 17.4. The number of hydrogen-bond donors (Lipinski definition) is 1. The van der Waals surface area contributed by atoms with E-state index in [1.807, 2.05) is 52.9 Å². The Labute approximate surface area is 136 Å². The normalized spacial score (nSPS) is 12.9. The minimum absolute atomic E-state index is 0.105. The number of hydrogen-bond acceptors (Lipinski definition) is 3. The zero-order chi connectivity index (χ0) is 17.2. The second-order valence-electron chi connectivity index (χ2n) is 7.06. The number of nitrogens with zero attached hydrogens (tertiary/aromatic N) is 4. The van der Waals surface area contributed by atoms with Crippen LogP contribution >= 0.6 is 0 Å². The summed E-state index contributed by atoms with van der Waals surface area (Å²) in [6.45, 7) is 10.4. The minimum atomic E-state index is -0.917. The molecule has 124 valence electrons. The molecule has 0 saturated carbocycles. The number of aromatic nitrogens is 3. The maximum atomic E-state index is 11.6. The fourth-order valence-electron chi connectivity index (χ4n) is 2.38. The molecule has 1 N–H and O–H groups in total. The molecule has 0 fully saturated rings. The van der Waals surface area contributed by atoms with Crippen LogP contribution in [0.1, 0.15) is 44.9 Å². The second kappa shape index (κ2) is 6.40. The van der Waals surface area contributed by atoms with Gasteiger partial charge in [-0.1, -0.05) is 26.8 Å². The smallest absolute Gasteiger partial charge is 0.407 e. The SMILES string of the molecule is Cc1cnn(-c2ccc([C@H](C)N(CC(C)(C)C)C(=O)O)cn2)c1. The van der Waals surface area contributed by atoms with Crippen molar-refractivity contribution in [3.63, 3.8) is 0 Å². The predicted octanol–water partition coefficient (Wildman–Crippen LogP) is 3.66. The fraction of sp³-hybridized carbons (Fsp3) is 0.471. The van der Waals surface area contributed by atoms with Gasteiger partial charge < -0.3 is 10.0 Å². The largest absolute Gasteiger partial charge is 0.465 e. The molecular weight excluding hydrogens is 292 g/mol. The summed E-state index contributed by atoms with van der Waals surface area (Å²) >= 11 is 0. The zero-order valence-electron chi connectivity index (χ0n) is 14.3. The van der Waals surface area contributed by atoms with Crippen molar-refractivity contribution < 1.29 is 9.90 Å². The second-order valence-corrected chi connectivity index (χ2v) is 7.06. The van der Waals surface area contributed by atoms with E-state index in [0.717, 1.165) is 11.1 Å². The van der Waals surface area contributed by atoms with Crippen LogP contribution in [0.25, 0.3) is 5.82 Å². The van der Waals surface area contributed by atoms with E-state index < -0.39 is 6.09 Å². The number of carboxylic acid groups (broad SMARTS) is 1. The van der Waals surface area contributed by atoms with Crippen molar-refractivity contribution >= 4 is 6.09 Å². The highest BCUT2D eigenvalue weighted by atomic mass is 16.4. The summed E-state index contributed by atoms with van der Waals surface area (Å²) in [5.74, 6) is 0.715. The maximum absolute atomic E-state index is 11.6. The van der Waals surface area contributed by atoms with E-state index in [1.54, 1.807) is 17.1 Å². The highest BCUT2D eigenvalue weighted by molar-refractivity contribution is 5.65. The van der Waals surface area contributed by atoms with Gasteiger partial charge in [0.2, 0.25) is 0 Å². The van der Waals surface area contributed by atoms with Gasteiger partial charge in [0.05, 0.1) is 12.2 Å². The fourth-order valence-corrected chi connectivity index (χ4v) is 2.38. The summed E-state index contributed by atoms with van der Waals surface area (Å²) in [6.07, 6.45) is 4.47. The lowest BCUT2D eigenvalue weighted by molar-refractivity contribution is 0.106. The van der Waals surface area contributed by atoms with Crippen LogP contribution in [0.3, 0.4) is 0 Å². The van der Waals surface area contributed by atoms with Gasteiger partial charge in [-0.3, -0.25) is 0 Å². The first-order valence-corrected chi connectivity index (χ1v) is 7.64. The molecule has 0 aromatic carbocycles. The van der Waals surface area contributed by atoms with Crippen LogP contribution in [-0.2, 0) is 0 Å². The number of carbonyl (C=O) groups is 1. The summed E-state index contributed by atoms with van der Waals surface area (Å²) in [6, 6.07) is 3.51. The molecule has 2 heterocycles. The van der Waals surface area contributed by atoms with Crippen LogP contribution in [0, 0.1) is 12.3 Å². The third-order valence-corrected chi connectivity index (χ3v) is 3.56. The average molecular weight is 316 g/mol. The van der Waals surface area contributed by atoms with Gasteiger partial charge in [-0.2, -0.15) is 5.10 Å². The quantitative estimate of drug-likeness (QED) is 0.934. The molecule has 6 nitrogen and oxygen atoms in total. The van der Waals surface area contributed by atoms with Crippen LogP contribution < -0.4 is 0 Å². The number of pyridine rings is 1. The summed E-state index contributed by atoms with van der Waals surface area (Å²) < 4.78 is 1.70. The maximum Gasteiger partial charge on any atom is 0.407 e. The Morgan fingerprint density at radius 2 is 2.04 bits per heavy atom. The number of rotatable bonds is 4. The third-order valence-electron chi connectivity index (χ3n) is 3.56. The minimum Gasteiger partial charge on any atom is -0.465 e. The highest BCUT2D eigenvalue weighted by Crippen LogP contribution is 2.25. The van der Waals surface area contributed by atoms with Gasteiger partial charge in [0.25, 0.3) is 0 Å². The van der Waals surface area contributed by atoms with E-state index in [2.05, 4.69) is 10.1 Å². The first kappa shape index (κ1) is 17.0. The molecule has 23 heavy (non-hydrogen) atoms. The van der Waals surface area contributed by atoms with Gasteiger partial charge in [0.1, 0.15) is 0 Å². The van der Waals surface area contributed by atoms with Crippen molar-refractivity contribution in [3.05, 3.63) is 41.9 Å².